The van der Waals surface area contributed by atoms with Crippen LogP contribution in [0.2, 0.25) is 0 Å². The summed E-state index contributed by atoms with van der Waals surface area (Å²) in [6.07, 6.45) is 3.00. The van der Waals surface area contributed by atoms with Crippen LogP contribution < -0.4 is 19.7 Å². The molecule has 0 bridgehead atoms. The number of hydrogen-bond acceptors (Lipinski definition) is 6. The number of benzene rings is 2. The highest BCUT2D eigenvalue weighted by Crippen LogP contribution is 2.36. The molecule has 2 aromatic carbocycles. The van der Waals surface area contributed by atoms with Crippen LogP contribution in [0, 0.1) is 0 Å². The van der Waals surface area contributed by atoms with Crippen LogP contribution in [0.5, 0.6) is 11.5 Å². The monoisotopic (exact) mass is 400 g/mol. The van der Waals surface area contributed by atoms with Crippen molar-refractivity contribution in [3.63, 3.8) is 0 Å². The molecule has 2 aliphatic rings. The van der Waals surface area contributed by atoms with Gasteiger partial charge in [0.1, 0.15) is 0 Å². The second-order valence-corrected chi connectivity index (χ2v) is 7.14. The third-order valence-corrected chi connectivity index (χ3v) is 5.23. The van der Waals surface area contributed by atoms with Crippen molar-refractivity contribution in [1.29, 1.82) is 0 Å². The minimum Gasteiger partial charge on any atom is -0.483 e. The van der Waals surface area contributed by atoms with Gasteiger partial charge in [-0.3, -0.25) is 4.79 Å². The molecule has 2 aliphatic heterocycles. The lowest BCUT2D eigenvalue weighted by atomic mass is 10.0. The van der Waals surface area contributed by atoms with Crippen molar-refractivity contribution in [1.82, 2.24) is 5.32 Å². The average molecular weight is 400 g/mol. The second-order valence-electron chi connectivity index (χ2n) is 7.14. The van der Waals surface area contributed by atoms with E-state index in [2.05, 4.69) is 34.5 Å². The van der Waals surface area contributed by atoms with Crippen LogP contribution in [0.25, 0.3) is 0 Å². The molecule has 1 saturated heterocycles. The lowest BCUT2D eigenvalue weighted by Gasteiger charge is -2.35. The lowest BCUT2D eigenvalue weighted by Crippen LogP contribution is -2.48. The van der Waals surface area contributed by atoms with Gasteiger partial charge in [-0.2, -0.15) is 0 Å². The Morgan fingerprint density at radius 3 is 2.48 bits per heavy atom. The standard InChI is InChI=1S/C21H26N2O3.CH2O2/c24-14-18(12-16-4-2-1-3-5-16)22-17-8-10-23(11-9-17)19-6-7-20-21(13-19)26-15-25-20;2-1-3/h1-7,13,17-18,22,24H,8-12,14-15H2;1H,(H,2,3)/t18-;/m1./s1. The Bertz CT molecular complexity index is 763. The fourth-order valence-electron chi connectivity index (χ4n) is 3.79. The smallest absolute Gasteiger partial charge is 0.290 e. The van der Waals surface area contributed by atoms with Crippen molar-refractivity contribution in [3.05, 3.63) is 54.1 Å². The van der Waals surface area contributed by atoms with Crippen LogP contribution in [-0.4, -0.2) is 55.3 Å². The number of ether oxygens (including phenoxy) is 2. The Labute approximate surface area is 170 Å². The topological polar surface area (TPSA) is 91.3 Å². The van der Waals surface area contributed by atoms with Crippen LogP contribution in [0.15, 0.2) is 48.5 Å². The van der Waals surface area contributed by atoms with Gasteiger partial charge in [0, 0.05) is 36.9 Å². The Hall–Kier alpha value is -2.77. The first kappa shape index (κ1) is 21.0. The van der Waals surface area contributed by atoms with Gasteiger partial charge in [0.25, 0.3) is 6.47 Å². The molecule has 1 fully saturated rings. The van der Waals surface area contributed by atoms with Crippen molar-refractivity contribution in [2.45, 2.75) is 31.3 Å². The second kappa shape index (κ2) is 10.7. The number of nitrogens with one attached hydrogen (secondary N) is 1. The SMILES string of the molecule is O=CO.OC[C@@H](Cc1ccccc1)NC1CCN(c2ccc3c(c2)OCO3)CC1. The number of anilines is 1. The molecule has 7 nitrogen and oxygen atoms in total. The largest absolute Gasteiger partial charge is 0.483 e. The Morgan fingerprint density at radius 1 is 1.10 bits per heavy atom. The van der Waals surface area contributed by atoms with Crippen molar-refractivity contribution in [3.8, 4) is 11.5 Å². The highest BCUT2D eigenvalue weighted by Gasteiger charge is 2.23. The third kappa shape index (κ3) is 5.85. The van der Waals surface area contributed by atoms with Crippen molar-refractivity contribution < 1.29 is 24.5 Å². The molecule has 0 unspecified atom stereocenters. The van der Waals surface area contributed by atoms with Gasteiger partial charge >= 0.3 is 0 Å². The third-order valence-electron chi connectivity index (χ3n) is 5.23. The number of carbonyl (C=O) groups is 1. The number of nitrogens with zero attached hydrogens (tertiary/aromatic N) is 1. The molecule has 0 aromatic heterocycles. The first-order valence-corrected chi connectivity index (χ1v) is 9.86. The number of rotatable bonds is 6. The van der Waals surface area contributed by atoms with Gasteiger partial charge in [-0.15, -0.1) is 0 Å². The van der Waals surface area contributed by atoms with Crippen LogP contribution >= 0.6 is 0 Å². The maximum Gasteiger partial charge on any atom is 0.290 e. The van der Waals surface area contributed by atoms with E-state index in [1.807, 2.05) is 24.3 Å². The van der Waals surface area contributed by atoms with E-state index in [9.17, 15) is 5.11 Å². The molecule has 2 heterocycles. The molecule has 0 aliphatic carbocycles. The summed E-state index contributed by atoms with van der Waals surface area (Å²) in [6, 6.07) is 17.1. The van der Waals surface area contributed by atoms with E-state index in [1.165, 1.54) is 11.3 Å². The number of aliphatic hydroxyl groups excluding tert-OH is 1. The van der Waals surface area contributed by atoms with Gasteiger partial charge in [-0.1, -0.05) is 30.3 Å². The Morgan fingerprint density at radius 2 is 1.79 bits per heavy atom. The van der Waals surface area contributed by atoms with E-state index in [4.69, 9.17) is 19.4 Å². The van der Waals surface area contributed by atoms with E-state index in [-0.39, 0.29) is 19.1 Å². The molecule has 0 saturated carbocycles. The van der Waals surface area contributed by atoms with Gasteiger partial charge in [0.05, 0.1) is 6.61 Å². The quantitative estimate of drug-likeness (QED) is 0.641. The van der Waals surface area contributed by atoms with Crippen LogP contribution in [0.1, 0.15) is 18.4 Å². The fraction of sp³-hybridized carbons (Fsp3) is 0.409. The summed E-state index contributed by atoms with van der Waals surface area (Å²) < 4.78 is 10.9. The minimum atomic E-state index is -0.250. The van der Waals surface area contributed by atoms with Gasteiger partial charge < -0.3 is 29.9 Å². The van der Waals surface area contributed by atoms with E-state index in [0.29, 0.717) is 12.8 Å². The van der Waals surface area contributed by atoms with Crippen LogP contribution in [-0.2, 0) is 11.2 Å². The van der Waals surface area contributed by atoms with Gasteiger partial charge in [-0.05, 0) is 37.0 Å². The predicted molar refractivity (Wildman–Crippen MR) is 111 cm³/mol. The van der Waals surface area contributed by atoms with Crippen LogP contribution in [0.3, 0.4) is 0 Å². The van der Waals surface area contributed by atoms with Gasteiger partial charge in [0.2, 0.25) is 6.79 Å². The molecule has 0 spiro atoms. The summed E-state index contributed by atoms with van der Waals surface area (Å²) in [6.45, 7) is 2.23. The normalized spacial score (nSPS) is 16.7. The predicted octanol–water partition coefficient (Wildman–Crippen LogP) is 2.28. The Balaban J connectivity index is 0.000000755. The van der Waals surface area contributed by atoms with Crippen molar-refractivity contribution in [2.24, 2.45) is 0 Å². The molecule has 156 valence electrons. The summed E-state index contributed by atoms with van der Waals surface area (Å²) >= 11 is 0. The molecule has 2 aromatic rings. The first-order valence-electron chi connectivity index (χ1n) is 9.86. The molecular weight excluding hydrogens is 372 g/mol. The lowest BCUT2D eigenvalue weighted by molar-refractivity contribution is -0.122. The number of piperidine rings is 1. The van der Waals surface area contributed by atoms with Gasteiger partial charge in [0.15, 0.2) is 11.5 Å². The number of carboxylic acid groups (broad SMARTS) is 1. The maximum absolute atomic E-state index is 9.74. The molecule has 3 N–H and O–H groups in total. The molecule has 0 radical (unpaired) electrons. The minimum absolute atomic E-state index is 0.111. The summed E-state index contributed by atoms with van der Waals surface area (Å²) in [5.74, 6) is 1.67. The fourth-order valence-corrected chi connectivity index (χ4v) is 3.79. The van der Waals surface area contributed by atoms with E-state index >= 15 is 0 Å². The number of hydrogen-bond donors (Lipinski definition) is 3. The highest BCUT2D eigenvalue weighted by molar-refractivity contribution is 5.57. The van der Waals surface area contributed by atoms with Crippen LogP contribution in [0.4, 0.5) is 5.69 Å². The highest BCUT2D eigenvalue weighted by atomic mass is 16.7. The van der Waals surface area contributed by atoms with Crippen molar-refractivity contribution >= 4 is 12.2 Å². The molecule has 7 heteroatoms. The van der Waals surface area contributed by atoms with Gasteiger partial charge in [-0.25, -0.2) is 0 Å². The molecule has 4 rings (SSSR count). The zero-order valence-electron chi connectivity index (χ0n) is 16.4. The molecule has 29 heavy (non-hydrogen) atoms. The first-order chi connectivity index (χ1) is 14.2. The van der Waals surface area contributed by atoms with E-state index < -0.39 is 0 Å². The molecular formula is C22H28N2O5. The summed E-state index contributed by atoms with van der Waals surface area (Å²) in [4.78, 5) is 10.8. The number of aliphatic hydroxyl groups is 1. The average Bonchev–Trinajstić information content (AvgIpc) is 3.23. The zero-order chi connectivity index (χ0) is 20.5. The summed E-state index contributed by atoms with van der Waals surface area (Å²) in [7, 11) is 0. The number of fused-ring (bicyclic) bond motifs is 1. The maximum atomic E-state index is 9.74. The zero-order valence-corrected chi connectivity index (χ0v) is 16.4. The Kier molecular flexibility index (Phi) is 7.72. The summed E-state index contributed by atoms with van der Waals surface area (Å²) in [5, 5.41) is 20.3. The molecule has 1 atom stereocenters. The van der Waals surface area contributed by atoms with Crippen molar-refractivity contribution in [2.75, 3.05) is 31.4 Å². The summed E-state index contributed by atoms with van der Waals surface area (Å²) in [5.41, 5.74) is 2.45. The van der Waals surface area contributed by atoms with E-state index in [1.54, 1.807) is 0 Å². The van der Waals surface area contributed by atoms with E-state index in [0.717, 1.165) is 43.9 Å². The molecule has 0 amide bonds.